The summed E-state index contributed by atoms with van der Waals surface area (Å²) < 4.78 is 5.40. The molecule has 2 aromatic rings. The predicted molar refractivity (Wildman–Crippen MR) is 67.4 cm³/mol. The van der Waals surface area contributed by atoms with Crippen LogP contribution in [0.15, 0.2) is 28.7 Å². The molecule has 0 aliphatic rings. The van der Waals surface area contributed by atoms with Crippen LogP contribution in [0.5, 0.6) is 0 Å². The molecular weight excluding hydrogens is 240 g/mol. The molecule has 0 spiro atoms. The molecule has 5 nitrogen and oxygen atoms in total. The summed E-state index contributed by atoms with van der Waals surface area (Å²) in [4.78, 5) is 15.1. The molecule has 0 unspecified atom stereocenters. The number of fused-ring (bicyclic) bond motifs is 1. The number of carboxylic acids is 1. The van der Waals surface area contributed by atoms with Gasteiger partial charge in [-0.05, 0) is 18.4 Å². The van der Waals surface area contributed by atoms with E-state index in [0.29, 0.717) is 16.9 Å². The number of hydrogen-bond donors (Lipinski definition) is 2. The number of nitrogens with one attached hydrogen (secondary N) is 1. The van der Waals surface area contributed by atoms with Crippen molar-refractivity contribution >= 4 is 34.8 Å². The van der Waals surface area contributed by atoms with Gasteiger partial charge < -0.3 is 14.8 Å². The zero-order valence-electron chi connectivity index (χ0n) is 9.21. The van der Waals surface area contributed by atoms with Crippen LogP contribution in [0.1, 0.15) is 0 Å². The standard InChI is InChI=1S/C11H12N2O3S/c1-17-6-8(10(14)15)13-11-12-7-4-2-3-5-9(7)16-11/h2-5,8H,6H2,1H3,(H,12,13)(H,14,15)/t8-/m0/s1. The molecule has 0 saturated heterocycles. The maximum atomic E-state index is 11.0. The molecular formula is C11H12N2O3S. The molecule has 0 radical (unpaired) electrons. The molecule has 2 N–H and O–H groups in total. The van der Waals surface area contributed by atoms with Crippen molar-refractivity contribution < 1.29 is 14.3 Å². The Balaban J connectivity index is 2.19. The van der Waals surface area contributed by atoms with E-state index in [1.807, 2.05) is 24.5 Å². The smallest absolute Gasteiger partial charge is 0.327 e. The zero-order chi connectivity index (χ0) is 12.3. The van der Waals surface area contributed by atoms with Gasteiger partial charge in [0, 0.05) is 5.75 Å². The van der Waals surface area contributed by atoms with E-state index < -0.39 is 12.0 Å². The van der Waals surface area contributed by atoms with Gasteiger partial charge in [0.15, 0.2) is 5.58 Å². The normalized spacial score (nSPS) is 12.5. The first kappa shape index (κ1) is 11.8. The Hall–Kier alpha value is -1.69. The van der Waals surface area contributed by atoms with Crippen LogP contribution in [-0.4, -0.2) is 34.1 Å². The molecule has 0 bridgehead atoms. The van der Waals surface area contributed by atoms with Gasteiger partial charge in [-0.1, -0.05) is 12.1 Å². The van der Waals surface area contributed by atoms with Gasteiger partial charge in [0.25, 0.3) is 6.01 Å². The average molecular weight is 252 g/mol. The Morgan fingerprint density at radius 2 is 2.35 bits per heavy atom. The van der Waals surface area contributed by atoms with E-state index >= 15 is 0 Å². The summed E-state index contributed by atoms with van der Waals surface area (Å²) >= 11 is 1.45. The van der Waals surface area contributed by atoms with Crippen LogP contribution < -0.4 is 5.32 Å². The number of aliphatic carboxylic acids is 1. The number of para-hydroxylation sites is 2. The van der Waals surface area contributed by atoms with Crippen molar-refractivity contribution in [2.45, 2.75) is 6.04 Å². The van der Waals surface area contributed by atoms with Gasteiger partial charge in [-0.2, -0.15) is 16.7 Å². The number of carboxylic acid groups (broad SMARTS) is 1. The molecule has 0 amide bonds. The SMILES string of the molecule is CSC[C@H](Nc1nc2ccccc2o1)C(=O)O. The van der Waals surface area contributed by atoms with Crippen LogP contribution in [0.4, 0.5) is 6.01 Å². The van der Waals surface area contributed by atoms with Crippen molar-refractivity contribution in [2.75, 3.05) is 17.3 Å². The predicted octanol–water partition coefficient (Wildman–Crippen LogP) is 2.06. The van der Waals surface area contributed by atoms with Crippen molar-refractivity contribution in [2.24, 2.45) is 0 Å². The van der Waals surface area contributed by atoms with E-state index in [1.165, 1.54) is 11.8 Å². The molecule has 1 aromatic carbocycles. The lowest BCUT2D eigenvalue weighted by atomic mass is 10.3. The second-order valence-corrected chi connectivity index (χ2v) is 4.39. The molecule has 1 heterocycles. The Morgan fingerprint density at radius 3 is 3.00 bits per heavy atom. The summed E-state index contributed by atoms with van der Waals surface area (Å²) in [5, 5.41) is 11.8. The third-order valence-corrected chi connectivity index (χ3v) is 2.89. The quantitative estimate of drug-likeness (QED) is 0.848. The first-order valence-electron chi connectivity index (χ1n) is 5.04. The fraction of sp³-hybridized carbons (Fsp3) is 0.273. The summed E-state index contributed by atoms with van der Waals surface area (Å²) in [5.74, 6) is -0.463. The van der Waals surface area contributed by atoms with Crippen molar-refractivity contribution in [3.05, 3.63) is 24.3 Å². The summed E-state index contributed by atoms with van der Waals surface area (Å²) in [6.45, 7) is 0. The highest BCUT2D eigenvalue weighted by molar-refractivity contribution is 7.98. The molecule has 0 saturated carbocycles. The molecule has 1 atom stereocenters. The Kier molecular flexibility index (Phi) is 3.53. The van der Waals surface area contributed by atoms with E-state index in [0.717, 1.165) is 0 Å². The monoisotopic (exact) mass is 252 g/mol. The number of rotatable bonds is 5. The Morgan fingerprint density at radius 1 is 1.59 bits per heavy atom. The number of nitrogens with zero attached hydrogens (tertiary/aromatic N) is 1. The first-order valence-corrected chi connectivity index (χ1v) is 6.44. The van der Waals surface area contributed by atoms with Crippen LogP contribution in [-0.2, 0) is 4.79 Å². The fourth-order valence-corrected chi connectivity index (χ4v) is 1.98. The van der Waals surface area contributed by atoms with Gasteiger partial charge in [-0.15, -0.1) is 0 Å². The molecule has 90 valence electrons. The zero-order valence-corrected chi connectivity index (χ0v) is 10.0. The van der Waals surface area contributed by atoms with Gasteiger partial charge in [0.1, 0.15) is 11.6 Å². The molecule has 0 aliphatic carbocycles. The third-order valence-electron chi connectivity index (χ3n) is 2.22. The van der Waals surface area contributed by atoms with Crippen LogP contribution in [0.25, 0.3) is 11.1 Å². The Labute approximate surface area is 102 Å². The number of oxazole rings is 1. The van der Waals surface area contributed by atoms with E-state index in [-0.39, 0.29) is 6.01 Å². The summed E-state index contributed by atoms with van der Waals surface area (Å²) in [5.41, 5.74) is 1.35. The Bertz CT molecular complexity index is 493. The van der Waals surface area contributed by atoms with Gasteiger partial charge in [-0.25, -0.2) is 4.79 Å². The minimum absolute atomic E-state index is 0.243. The molecule has 0 aliphatic heterocycles. The second kappa shape index (κ2) is 5.09. The van der Waals surface area contributed by atoms with Crippen molar-refractivity contribution in [1.82, 2.24) is 4.98 Å². The van der Waals surface area contributed by atoms with E-state index in [9.17, 15) is 4.79 Å². The number of aromatic nitrogens is 1. The molecule has 6 heteroatoms. The lowest BCUT2D eigenvalue weighted by Crippen LogP contribution is -2.31. The van der Waals surface area contributed by atoms with Crippen LogP contribution in [0.2, 0.25) is 0 Å². The van der Waals surface area contributed by atoms with E-state index in [4.69, 9.17) is 9.52 Å². The highest BCUT2D eigenvalue weighted by Crippen LogP contribution is 2.19. The fourth-order valence-electron chi connectivity index (χ4n) is 1.42. The highest BCUT2D eigenvalue weighted by atomic mass is 32.2. The lowest BCUT2D eigenvalue weighted by molar-refractivity contribution is -0.137. The molecule has 2 rings (SSSR count). The third kappa shape index (κ3) is 2.71. The van der Waals surface area contributed by atoms with E-state index in [2.05, 4.69) is 10.3 Å². The number of carbonyl (C=O) groups is 1. The van der Waals surface area contributed by atoms with Crippen LogP contribution >= 0.6 is 11.8 Å². The number of anilines is 1. The first-order chi connectivity index (χ1) is 8.20. The van der Waals surface area contributed by atoms with Gasteiger partial charge >= 0.3 is 5.97 Å². The van der Waals surface area contributed by atoms with Crippen LogP contribution in [0.3, 0.4) is 0 Å². The maximum Gasteiger partial charge on any atom is 0.327 e. The van der Waals surface area contributed by atoms with Gasteiger partial charge in [-0.3, -0.25) is 0 Å². The van der Waals surface area contributed by atoms with Gasteiger partial charge in [0.2, 0.25) is 0 Å². The minimum Gasteiger partial charge on any atom is -0.480 e. The highest BCUT2D eigenvalue weighted by Gasteiger charge is 2.18. The molecule has 1 aromatic heterocycles. The maximum absolute atomic E-state index is 11.0. The number of hydrogen-bond acceptors (Lipinski definition) is 5. The lowest BCUT2D eigenvalue weighted by Gasteiger charge is -2.10. The van der Waals surface area contributed by atoms with E-state index in [1.54, 1.807) is 6.07 Å². The van der Waals surface area contributed by atoms with Crippen LogP contribution in [0, 0.1) is 0 Å². The van der Waals surface area contributed by atoms with Gasteiger partial charge in [0.05, 0.1) is 0 Å². The largest absolute Gasteiger partial charge is 0.480 e. The summed E-state index contributed by atoms with van der Waals surface area (Å²) in [6, 6.07) is 6.84. The molecule has 17 heavy (non-hydrogen) atoms. The summed E-state index contributed by atoms with van der Waals surface area (Å²) in [6.07, 6.45) is 1.85. The minimum atomic E-state index is -0.915. The number of benzene rings is 1. The summed E-state index contributed by atoms with van der Waals surface area (Å²) in [7, 11) is 0. The number of thioether (sulfide) groups is 1. The average Bonchev–Trinajstić information content (AvgIpc) is 2.70. The van der Waals surface area contributed by atoms with Crippen molar-refractivity contribution in [3.8, 4) is 0 Å². The van der Waals surface area contributed by atoms with Crippen molar-refractivity contribution in [3.63, 3.8) is 0 Å². The topological polar surface area (TPSA) is 75.4 Å². The molecule has 0 fully saturated rings. The van der Waals surface area contributed by atoms with Crippen molar-refractivity contribution in [1.29, 1.82) is 0 Å². The second-order valence-electron chi connectivity index (χ2n) is 3.48.